The fourth-order valence-corrected chi connectivity index (χ4v) is 5.93. The average Bonchev–Trinajstić information content (AvgIpc) is 3.09. The molecule has 0 spiro atoms. The van der Waals surface area contributed by atoms with Crippen LogP contribution in [0.5, 0.6) is 0 Å². The highest BCUT2D eigenvalue weighted by Crippen LogP contribution is 2.41. The van der Waals surface area contributed by atoms with Crippen molar-refractivity contribution in [3.05, 3.63) is 0 Å². The smallest absolute Gasteiger partial charge is 0.330 e. The molecule has 13 N–H and O–H groups in total. The van der Waals surface area contributed by atoms with Crippen LogP contribution in [0.1, 0.15) is 38.5 Å². The lowest BCUT2D eigenvalue weighted by molar-refractivity contribution is -0.329. The van der Waals surface area contributed by atoms with E-state index in [0.717, 1.165) is 19.3 Å². The summed E-state index contributed by atoms with van der Waals surface area (Å²) in [6.45, 7) is -1.37. The fourth-order valence-electron chi connectivity index (χ4n) is 4.90. The van der Waals surface area contributed by atoms with Gasteiger partial charge in [-0.3, -0.25) is 0 Å². The van der Waals surface area contributed by atoms with Crippen LogP contribution in [0.3, 0.4) is 0 Å². The largest absolute Gasteiger partial charge is 0.396 e. The number of rotatable bonds is 19. The minimum absolute atomic E-state index is 0.0231. The van der Waals surface area contributed by atoms with Crippen molar-refractivity contribution in [2.45, 2.75) is 130 Å². The van der Waals surface area contributed by atoms with Crippen molar-refractivity contribution in [2.24, 2.45) is 0 Å². The second-order valence-electron chi connectivity index (χ2n) is 11.0. The van der Waals surface area contributed by atoms with E-state index in [1.165, 1.54) is 0 Å². The van der Waals surface area contributed by atoms with E-state index in [9.17, 15) is 61.1 Å². The number of aliphatic hydroxyl groups is 12. The van der Waals surface area contributed by atoms with Crippen molar-refractivity contribution in [1.82, 2.24) is 0 Å². The van der Waals surface area contributed by atoms with E-state index >= 15 is 0 Å². The van der Waals surface area contributed by atoms with Gasteiger partial charge in [-0.05, 0) is 25.0 Å². The average molecular weight is 701 g/mol. The van der Waals surface area contributed by atoms with Gasteiger partial charge in [-0.2, -0.15) is 12.6 Å². The molecule has 1 aliphatic heterocycles. The Hall–Kier alpha value is 0.0600. The first-order valence-electron chi connectivity index (χ1n) is 14.7. The van der Waals surface area contributed by atoms with Crippen LogP contribution in [0, 0.1) is 0 Å². The highest BCUT2D eigenvalue weighted by molar-refractivity contribution is 7.80. The lowest BCUT2D eigenvalue weighted by Crippen LogP contribution is -2.62. The molecule has 1 heterocycles. The Labute approximate surface area is 266 Å². The zero-order valence-corrected chi connectivity index (χ0v) is 26.3. The summed E-state index contributed by atoms with van der Waals surface area (Å²) in [5.74, 6) is 0.702. The van der Waals surface area contributed by atoms with E-state index in [0.29, 0.717) is 12.2 Å². The topological polar surface area (TPSA) is 309 Å². The van der Waals surface area contributed by atoms with Gasteiger partial charge in [-0.25, -0.2) is 0 Å². The Bertz CT molecular complexity index is 807. The summed E-state index contributed by atoms with van der Waals surface area (Å²) < 4.78 is 27.4. The molecule has 16 atom stereocenters. The van der Waals surface area contributed by atoms with E-state index in [1.807, 2.05) is 0 Å². The second-order valence-corrected chi connectivity index (χ2v) is 12.4. The molecule has 1 aliphatic carbocycles. The molecule has 1 saturated heterocycles. The summed E-state index contributed by atoms with van der Waals surface area (Å²) in [7, 11) is -2.81. The van der Waals surface area contributed by atoms with Gasteiger partial charge in [0.15, 0.2) is 12.6 Å². The Morgan fingerprint density at radius 1 is 0.800 bits per heavy atom. The van der Waals surface area contributed by atoms with E-state index in [4.69, 9.17) is 28.4 Å². The van der Waals surface area contributed by atoms with E-state index in [2.05, 4.69) is 12.6 Å². The molecule has 268 valence electrons. The van der Waals surface area contributed by atoms with Gasteiger partial charge >= 0.3 is 8.60 Å². The molecule has 2 rings (SSSR count). The van der Waals surface area contributed by atoms with Gasteiger partial charge in [0, 0.05) is 13.0 Å². The van der Waals surface area contributed by atoms with Crippen molar-refractivity contribution < 1.29 is 89.4 Å². The summed E-state index contributed by atoms with van der Waals surface area (Å²) in [5.41, 5.74) is 0. The van der Waals surface area contributed by atoms with E-state index in [1.54, 1.807) is 0 Å². The van der Waals surface area contributed by atoms with Crippen molar-refractivity contribution in [2.75, 3.05) is 25.6 Å². The monoisotopic (exact) mass is 700 g/mol. The summed E-state index contributed by atoms with van der Waals surface area (Å²) in [6, 6.07) is 0. The molecule has 1 saturated carbocycles. The Morgan fingerprint density at radius 3 is 2.09 bits per heavy atom. The number of unbranched alkanes of at least 4 members (excludes halogenated alkanes) is 3. The maximum atomic E-state index is 11.0. The summed E-state index contributed by atoms with van der Waals surface area (Å²) in [4.78, 5) is 10.6. The second kappa shape index (κ2) is 20.5. The molecule has 0 aromatic heterocycles. The lowest BCUT2D eigenvalue weighted by Gasteiger charge is -2.43. The predicted octanol–water partition coefficient (Wildman–Crippen LogP) is -5.06. The summed E-state index contributed by atoms with van der Waals surface area (Å²) >= 11 is 4.14. The maximum absolute atomic E-state index is 11.0. The number of aliphatic hydroxyl groups excluding tert-OH is 12. The first kappa shape index (κ1) is 41.2. The third-order valence-corrected chi connectivity index (χ3v) is 8.77. The SMILES string of the molecule is OCCC(O)C(O)C(O)C(O)OC1CC(O)C(O)C(O)C(OC2OC(CO)C(O)C(O)C2O)C1OP(O)OCCCCCCS. The van der Waals surface area contributed by atoms with Gasteiger partial charge in [0.25, 0.3) is 0 Å². The van der Waals surface area contributed by atoms with Gasteiger partial charge in [0.1, 0.15) is 61.0 Å². The third-order valence-electron chi connectivity index (χ3n) is 7.63. The molecule has 2 fully saturated rings. The molecular weight excluding hydrogens is 651 g/mol. The molecule has 0 amide bonds. The third kappa shape index (κ3) is 11.9. The van der Waals surface area contributed by atoms with E-state index in [-0.39, 0.29) is 13.0 Å². The minimum Gasteiger partial charge on any atom is -0.396 e. The van der Waals surface area contributed by atoms with Crippen molar-refractivity contribution in [1.29, 1.82) is 0 Å². The minimum atomic E-state index is -2.81. The van der Waals surface area contributed by atoms with Crippen LogP contribution in [0.15, 0.2) is 0 Å². The fraction of sp³-hybridized carbons (Fsp3) is 1.00. The quantitative estimate of drug-likeness (QED) is 0.0197. The van der Waals surface area contributed by atoms with Crippen LogP contribution < -0.4 is 0 Å². The van der Waals surface area contributed by atoms with Crippen molar-refractivity contribution in [3.8, 4) is 0 Å². The molecule has 0 aromatic rings. The van der Waals surface area contributed by atoms with Crippen LogP contribution in [-0.4, -0.2) is 184 Å². The molecule has 20 heteroatoms. The van der Waals surface area contributed by atoms with Crippen LogP contribution in [0.2, 0.25) is 0 Å². The number of ether oxygens (including phenoxy) is 3. The van der Waals surface area contributed by atoms with Gasteiger partial charge in [-0.15, -0.1) is 0 Å². The van der Waals surface area contributed by atoms with Crippen LogP contribution in [0.25, 0.3) is 0 Å². The van der Waals surface area contributed by atoms with Gasteiger partial charge in [-0.1, -0.05) is 12.8 Å². The Balaban J connectivity index is 2.36. The molecule has 18 nitrogen and oxygen atoms in total. The molecule has 0 bridgehead atoms. The van der Waals surface area contributed by atoms with Crippen LogP contribution >= 0.6 is 21.2 Å². The lowest BCUT2D eigenvalue weighted by atomic mass is 9.98. The first-order valence-corrected chi connectivity index (χ1v) is 16.4. The zero-order chi connectivity index (χ0) is 33.8. The zero-order valence-electron chi connectivity index (χ0n) is 24.5. The summed E-state index contributed by atoms with van der Waals surface area (Å²) in [5, 5.41) is 123. The van der Waals surface area contributed by atoms with Crippen molar-refractivity contribution >= 4 is 21.2 Å². The van der Waals surface area contributed by atoms with Gasteiger partial charge in [0.2, 0.25) is 0 Å². The highest BCUT2D eigenvalue weighted by Gasteiger charge is 2.52. The van der Waals surface area contributed by atoms with Gasteiger partial charge < -0.3 is 89.4 Å². The molecule has 0 radical (unpaired) electrons. The Kier molecular flexibility index (Phi) is 18.8. The van der Waals surface area contributed by atoms with Crippen molar-refractivity contribution in [3.63, 3.8) is 0 Å². The highest BCUT2D eigenvalue weighted by atomic mass is 32.1. The summed E-state index contributed by atoms with van der Waals surface area (Å²) in [6.07, 6.45) is -26.6. The maximum Gasteiger partial charge on any atom is 0.330 e. The molecule has 16 unspecified atom stereocenters. The molecule has 0 aromatic carbocycles. The number of thiol groups is 1. The number of hydrogen-bond donors (Lipinski definition) is 14. The van der Waals surface area contributed by atoms with E-state index < -0.39 is 120 Å². The number of hydrogen-bond acceptors (Lipinski definition) is 19. The van der Waals surface area contributed by atoms with Gasteiger partial charge in [0.05, 0.1) is 31.5 Å². The van der Waals surface area contributed by atoms with Crippen LogP contribution in [-0.2, 0) is 23.3 Å². The molecule has 2 aliphatic rings. The van der Waals surface area contributed by atoms with Crippen LogP contribution in [0.4, 0.5) is 0 Å². The Morgan fingerprint density at radius 2 is 1.47 bits per heavy atom. The standard InChI is InChI=1S/C25H49O18PS/c26-6-5-11(28)15(30)20(35)24(37)40-13-9-12(29)16(31)19(34)23(22(13)43-44(38)39-7-3-1-2-4-8-45)42-25-21(36)18(33)17(32)14(10-27)41-25/h11-38,45H,1-10H2. The first-order chi connectivity index (χ1) is 21.3. The molecular formula is C25H49O18PS. The predicted molar refractivity (Wildman–Crippen MR) is 154 cm³/mol. The normalized spacial score (nSPS) is 37.9. The molecule has 45 heavy (non-hydrogen) atoms.